The lowest BCUT2D eigenvalue weighted by atomic mass is 10.1. The minimum Gasteiger partial charge on any atom is -0.492 e. The zero-order valence-electron chi connectivity index (χ0n) is 15.8. The Hall–Kier alpha value is -1.09. The van der Waals surface area contributed by atoms with Crippen LogP contribution in [-0.4, -0.2) is 36.7 Å². The largest absolute Gasteiger partial charge is 0.492 e. The molecule has 0 aliphatic heterocycles. The van der Waals surface area contributed by atoms with E-state index in [2.05, 4.69) is 26.0 Å². The summed E-state index contributed by atoms with van der Waals surface area (Å²) in [4.78, 5) is 4.53. The molecule has 3 nitrogen and oxygen atoms in total. The normalized spacial score (nSPS) is 11.7. The first-order chi connectivity index (χ1) is 11.1. The second-order valence-electron chi connectivity index (χ2n) is 7.17. The summed E-state index contributed by atoms with van der Waals surface area (Å²) in [6.07, 6.45) is 12.9. The number of unbranched alkanes of at least 4 members (excludes halogenated alkanes) is 7. The molecule has 0 spiro atoms. The SMILES string of the molecule is CCCCCCCCCC[N+](C)(C)Cc1ncccc1OCC. The van der Waals surface area contributed by atoms with Crippen molar-refractivity contribution in [2.24, 2.45) is 0 Å². The van der Waals surface area contributed by atoms with E-state index in [9.17, 15) is 0 Å². The smallest absolute Gasteiger partial charge is 0.146 e. The highest BCUT2D eigenvalue weighted by Crippen LogP contribution is 2.20. The van der Waals surface area contributed by atoms with Gasteiger partial charge >= 0.3 is 0 Å². The van der Waals surface area contributed by atoms with Crippen LogP contribution in [0.15, 0.2) is 18.3 Å². The lowest BCUT2D eigenvalue weighted by Crippen LogP contribution is -2.40. The molecule has 0 unspecified atom stereocenters. The molecule has 0 saturated carbocycles. The van der Waals surface area contributed by atoms with Crippen LogP contribution in [0.5, 0.6) is 5.75 Å². The van der Waals surface area contributed by atoms with Gasteiger partial charge in [0.15, 0.2) is 0 Å². The van der Waals surface area contributed by atoms with Crippen molar-refractivity contribution in [3.63, 3.8) is 0 Å². The molecule has 0 atom stereocenters. The monoisotopic (exact) mass is 321 g/mol. The van der Waals surface area contributed by atoms with E-state index in [0.717, 1.165) is 22.5 Å². The lowest BCUT2D eigenvalue weighted by molar-refractivity contribution is -0.904. The Balaban J connectivity index is 2.28. The summed E-state index contributed by atoms with van der Waals surface area (Å²) in [5, 5.41) is 0. The molecule has 0 amide bonds. The van der Waals surface area contributed by atoms with Crippen molar-refractivity contribution in [3.05, 3.63) is 24.0 Å². The number of quaternary nitrogens is 1. The Morgan fingerprint density at radius 2 is 1.61 bits per heavy atom. The fourth-order valence-electron chi connectivity index (χ4n) is 2.99. The third-order valence-corrected chi connectivity index (χ3v) is 4.34. The highest BCUT2D eigenvalue weighted by molar-refractivity contribution is 5.26. The van der Waals surface area contributed by atoms with Gasteiger partial charge in [0, 0.05) is 6.20 Å². The van der Waals surface area contributed by atoms with Gasteiger partial charge in [0.25, 0.3) is 0 Å². The molecule has 0 radical (unpaired) electrons. The van der Waals surface area contributed by atoms with Crippen LogP contribution in [0.25, 0.3) is 0 Å². The van der Waals surface area contributed by atoms with Crippen molar-refractivity contribution in [2.45, 2.75) is 71.8 Å². The fraction of sp³-hybridized carbons (Fsp3) is 0.750. The van der Waals surface area contributed by atoms with Gasteiger partial charge in [-0.3, -0.25) is 4.98 Å². The van der Waals surface area contributed by atoms with Crippen molar-refractivity contribution in [2.75, 3.05) is 27.2 Å². The molecule has 0 fully saturated rings. The molecule has 1 aromatic rings. The van der Waals surface area contributed by atoms with Crippen LogP contribution in [0.4, 0.5) is 0 Å². The van der Waals surface area contributed by atoms with Crippen molar-refractivity contribution in [1.29, 1.82) is 0 Å². The Labute approximate surface area is 143 Å². The summed E-state index contributed by atoms with van der Waals surface area (Å²) in [6.45, 7) is 7.14. The third-order valence-electron chi connectivity index (χ3n) is 4.34. The van der Waals surface area contributed by atoms with Crippen LogP contribution >= 0.6 is 0 Å². The number of ether oxygens (including phenoxy) is 1. The third kappa shape index (κ3) is 8.95. The molecule has 132 valence electrons. The van der Waals surface area contributed by atoms with Gasteiger partial charge in [-0.05, 0) is 31.9 Å². The minimum atomic E-state index is 0.699. The van der Waals surface area contributed by atoms with Gasteiger partial charge in [-0.15, -0.1) is 0 Å². The molecule has 0 N–H and O–H groups in total. The maximum absolute atomic E-state index is 5.70. The summed E-state index contributed by atoms with van der Waals surface area (Å²) in [5.41, 5.74) is 1.08. The quantitative estimate of drug-likeness (QED) is 0.368. The molecule has 1 rings (SSSR count). The van der Waals surface area contributed by atoms with E-state index in [4.69, 9.17) is 4.74 Å². The molecular weight excluding hydrogens is 284 g/mol. The fourth-order valence-corrected chi connectivity index (χ4v) is 2.99. The number of hydrogen-bond donors (Lipinski definition) is 0. The van der Waals surface area contributed by atoms with Crippen LogP contribution in [-0.2, 0) is 6.54 Å². The van der Waals surface area contributed by atoms with Crippen LogP contribution in [0.2, 0.25) is 0 Å². The van der Waals surface area contributed by atoms with E-state index in [1.165, 1.54) is 57.9 Å². The van der Waals surface area contributed by atoms with Gasteiger partial charge in [0.05, 0.1) is 27.2 Å². The van der Waals surface area contributed by atoms with E-state index < -0.39 is 0 Å². The van der Waals surface area contributed by atoms with E-state index in [1.54, 1.807) is 0 Å². The zero-order chi connectivity index (χ0) is 17.0. The van der Waals surface area contributed by atoms with Gasteiger partial charge in [-0.1, -0.05) is 45.4 Å². The Morgan fingerprint density at radius 1 is 0.957 bits per heavy atom. The number of hydrogen-bond acceptors (Lipinski definition) is 2. The number of pyridine rings is 1. The van der Waals surface area contributed by atoms with Crippen LogP contribution in [0.3, 0.4) is 0 Å². The van der Waals surface area contributed by atoms with Crippen molar-refractivity contribution in [3.8, 4) is 5.75 Å². The second kappa shape index (κ2) is 11.4. The average Bonchev–Trinajstić information content (AvgIpc) is 2.52. The Bertz CT molecular complexity index is 418. The Morgan fingerprint density at radius 3 is 2.26 bits per heavy atom. The van der Waals surface area contributed by atoms with E-state index in [0.29, 0.717) is 6.61 Å². The first-order valence-corrected chi connectivity index (χ1v) is 9.47. The molecule has 0 saturated heterocycles. The van der Waals surface area contributed by atoms with E-state index >= 15 is 0 Å². The van der Waals surface area contributed by atoms with Gasteiger partial charge in [0.1, 0.15) is 18.0 Å². The molecule has 0 aliphatic rings. The standard InChI is InChI=1S/C20H37N2O/c1-5-7-8-9-10-11-12-13-17-22(3,4)18-19-20(23-6-2)15-14-16-21-19/h14-16H,5-13,17-18H2,1-4H3/q+1. The van der Waals surface area contributed by atoms with Gasteiger partial charge in [0.2, 0.25) is 0 Å². The first kappa shape index (κ1) is 20.0. The predicted octanol–water partition coefficient (Wildman–Crippen LogP) is 5.20. The summed E-state index contributed by atoms with van der Waals surface area (Å²) < 4.78 is 6.68. The molecular formula is C20H37N2O+. The topological polar surface area (TPSA) is 22.1 Å². The minimum absolute atomic E-state index is 0.699. The van der Waals surface area contributed by atoms with Crippen LogP contribution in [0.1, 0.15) is 70.9 Å². The maximum Gasteiger partial charge on any atom is 0.146 e. The number of nitrogens with zero attached hydrogens (tertiary/aromatic N) is 2. The summed E-state index contributed by atoms with van der Waals surface area (Å²) in [7, 11) is 4.59. The molecule has 23 heavy (non-hydrogen) atoms. The summed E-state index contributed by atoms with van der Waals surface area (Å²) in [6, 6.07) is 3.98. The molecule has 0 bridgehead atoms. The van der Waals surface area contributed by atoms with Crippen LogP contribution < -0.4 is 4.74 Å². The van der Waals surface area contributed by atoms with Gasteiger partial charge in [-0.2, -0.15) is 0 Å². The van der Waals surface area contributed by atoms with E-state index in [1.807, 2.05) is 25.3 Å². The molecule has 1 aromatic heterocycles. The van der Waals surface area contributed by atoms with Crippen molar-refractivity contribution >= 4 is 0 Å². The summed E-state index contributed by atoms with van der Waals surface area (Å²) >= 11 is 0. The van der Waals surface area contributed by atoms with Gasteiger partial charge in [-0.25, -0.2) is 0 Å². The zero-order valence-corrected chi connectivity index (χ0v) is 15.8. The number of rotatable bonds is 13. The highest BCUT2D eigenvalue weighted by atomic mass is 16.5. The average molecular weight is 322 g/mol. The lowest BCUT2D eigenvalue weighted by Gasteiger charge is -2.30. The number of aromatic nitrogens is 1. The molecule has 0 aromatic carbocycles. The Kier molecular flexibility index (Phi) is 9.93. The first-order valence-electron chi connectivity index (χ1n) is 9.47. The molecule has 0 aliphatic carbocycles. The van der Waals surface area contributed by atoms with Gasteiger partial charge < -0.3 is 9.22 Å². The van der Waals surface area contributed by atoms with Crippen molar-refractivity contribution < 1.29 is 9.22 Å². The van der Waals surface area contributed by atoms with E-state index in [-0.39, 0.29) is 0 Å². The molecule has 3 heteroatoms. The molecule has 1 heterocycles. The second-order valence-corrected chi connectivity index (χ2v) is 7.17. The highest BCUT2D eigenvalue weighted by Gasteiger charge is 2.19. The van der Waals surface area contributed by atoms with Crippen LogP contribution in [0, 0.1) is 0 Å². The van der Waals surface area contributed by atoms with Crippen molar-refractivity contribution in [1.82, 2.24) is 4.98 Å². The summed E-state index contributed by atoms with van der Waals surface area (Å²) in [5.74, 6) is 0.942. The maximum atomic E-state index is 5.70. The predicted molar refractivity (Wildman–Crippen MR) is 98.7 cm³/mol.